The molecule has 1 N–H and O–H groups in total. The summed E-state index contributed by atoms with van der Waals surface area (Å²) in [5, 5.41) is 12.2. The van der Waals surface area contributed by atoms with Crippen molar-refractivity contribution >= 4 is 28.8 Å². The maximum absolute atomic E-state index is 12.1. The summed E-state index contributed by atoms with van der Waals surface area (Å²) in [7, 11) is 3.51. The number of aromatic nitrogens is 3. The van der Waals surface area contributed by atoms with E-state index in [4.69, 9.17) is 5.26 Å². The maximum Gasteiger partial charge on any atom is 0.326 e. The third-order valence-electron chi connectivity index (χ3n) is 5.23. The van der Waals surface area contributed by atoms with Gasteiger partial charge in [-0.05, 0) is 18.4 Å². The molecule has 0 unspecified atom stereocenters. The van der Waals surface area contributed by atoms with E-state index in [9.17, 15) is 9.59 Å². The number of nitrogens with zero attached hydrogens (tertiary/aromatic N) is 6. The first-order valence-corrected chi connectivity index (χ1v) is 8.89. The zero-order valence-corrected chi connectivity index (χ0v) is 15.7. The monoisotopic (exact) mass is 369 g/mol. The smallest absolute Gasteiger partial charge is 0.326 e. The Kier molecular flexibility index (Phi) is 5.26. The van der Waals surface area contributed by atoms with Crippen molar-refractivity contribution in [2.45, 2.75) is 25.8 Å². The van der Waals surface area contributed by atoms with Crippen LogP contribution < -0.4 is 10.2 Å². The van der Waals surface area contributed by atoms with Crippen LogP contribution in [0.2, 0.25) is 0 Å². The summed E-state index contributed by atoms with van der Waals surface area (Å²) in [5.41, 5.74) is 0.534. The number of likely N-dealkylation sites (N-methyl/N-ethyl adjacent to an activating group) is 1. The number of carbonyl (C=O) groups excluding carboxylic acids is 2. The largest absolute Gasteiger partial charge is 0.354 e. The zero-order chi connectivity index (χ0) is 19.6. The van der Waals surface area contributed by atoms with Crippen molar-refractivity contribution in [3.8, 4) is 6.07 Å². The molecule has 1 aliphatic heterocycles. The van der Waals surface area contributed by atoms with Crippen LogP contribution in [0.1, 0.15) is 19.8 Å². The molecule has 1 aliphatic rings. The first kappa shape index (κ1) is 18.6. The molecule has 2 atom stereocenters. The van der Waals surface area contributed by atoms with E-state index in [1.807, 2.05) is 19.2 Å². The van der Waals surface area contributed by atoms with E-state index in [1.54, 1.807) is 18.1 Å². The second-order valence-electron chi connectivity index (χ2n) is 6.79. The molecule has 0 saturated carbocycles. The molecule has 0 bridgehead atoms. The van der Waals surface area contributed by atoms with Crippen LogP contribution in [-0.2, 0) is 4.79 Å². The molecule has 27 heavy (non-hydrogen) atoms. The molecule has 1 fully saturated rings. The molecule has 0 aliphatic carbocycles. The highest BCUT2D eigenvalue weighted by Gasteiger charge is 2.32. The topological polar surface area (TPSA) is 107 Å². The first-order valence-electron chi connectivity index (χ1n) is 8.89. The van der Waals surface area contributed by atoms with Crippen LogP contribution in [0.15, 0.2) is 18.6 Å². The number of likely N-dealkylation sites (tertiary alicyclic amines) is 1. The van der Waals surface area contributed by atoms with Gasteiger partial charge in [-0.2, -0.15) is 5.26 Å². The van der Waals surface area contributed by atoms with E-state index in [1.165, 1.54) is 10.9 Å². The Hall–Kier alpha value is -3.15. The molecule has 2 aromatic rings. The van der Waals surface area contributed by atoms with Gasteiger partial charge in [0.25, 0.3) is 0 Å². The Bertz CT molecular complexity index is 901. The first-order chi connectivity index (χ1) is 13.0. The Balaban J connectivity index is 1.91. The fourth-order valence-electron chi connectivity index (χ4n) is 3.62. The number of rotatable bonds is 3. The van der Waals surface area contributed by atoms with Crippen molar-refractivity contribution in [3.63, 3.8) is 0 Å². The summed E-state index contributed by atoms with van der Waals surface area (Å²) in [6.45, 7) is 3.36. The summed E-state index contributed by atoms with van der Waals surface area (Å²) >= 11 is 0. The number of hydrogen-bond acceptors (Lipinski definition) is 6. The van der Waals surface area contributed by atoms with Crippen molar-refractivity contribution < 1.29 is 9.59 Å². The van der Waals surface area contributed by atoms with E-state index in [0.29, 0.717) is 30.5 Å². The summed E-state index contributed by atoms with van der Waals surface area (Å²) in [5.74, 6) is 0.933. The van der Waals surface area contributed by atoms with Gasteiger partial charge in [0.15, 0.2) is 5.65 Å². The van der Waals surface area contributed by atoms with Crippen LogP contribution in [0.3, 0.4) is 0 Å². The number of hydrogen-bond donors (Lipinski definition) is 1. The van der Waals surface area contributed by atoms with Crippen LogP contribution in [-0.4, -0.2) is 64.6 Å². The second kappa shape index (κ2) is 7.61. The third kappa shape index (κ3) is 3.43. The number of nitrogens with one attached hydrogen (secondary N) is 1. The van der Waals surface area contributed by atoms with E-state index < -0.39 is 0 Å². The summed E-state index contributed by atoms with van der Waals surface area (Å²) in [4.78, 5) is 36.6. The average Bonchev–Trinajstić information content (AvgIpc) is 3.11. The molecular weight excluding hydrogens is 346 g/mol. The van der Waals surface area contributed by atoms with Crippen LogP contribution in [0.4, 0.5) is 10.6 Å². The van der Waals surface area contributed by atoms with Crippen LogP contribution >= 0.6 is 0 Å². The van der Waals surface area contributed by atoms with Crippen molar-refractivity contribution in [2.75, 3.05) is 32.1 Å². The molecule has 3 heterocycles. The molecule has 0 radical (unpaired) electrons. The minimum Gasteiger partial charge on any atom is -0.354 e. The fourth-order valence-corrected chi connectivity index (χ4v) is 3.62. The molecule has 0 spiro atoms. The predicted molar refractivity (Wildman–Crippen MR) is 100 cm³/mol. The number of fused-ring (bicyclic) bond motifs is 1. The van der Waals surface area contributed by atoms with Gasteiger partial charge in [0.1, 0.15) is 18.6 Å². The van der Waals surface area contributed by atoms with E-state index in [0.717, 1.165) is 11.8 Å². The van der Waals surface area contributed by atoms with Gasteiger partial charge in [0.2, 0.25) is 5.91 Å². The van der Waals surface area contributed by atoms with Crippen molar-refractivity contribution in [3.05, 3.63) is 18.6 Å². The molecular formula is C18H23N7O2. The van der Waals surface area contributed by atoms with Gasteiger partial charge >= 0.3 is 6.03 Å². The standard InChI is InChI=1S/C18H23N7O2/c1-12-5-8-24(15(26)4-7-19)10-14(12)23(3)16-13-6-9-25(18(27)20-2)17(13)22-11-21-16/h6,9,11-12,14H,4-5,8,10H2,1-3H3,(H,20,27)/t12-,14+/m1/s1. The second-order valence-corrected chi connectivity index (χ2v) is 6.79. The molecule has 2 aromatic heterocycles. The third-order valence-corrected chi connectivity index (χ3v) is 5.23. The highest BCUT2D eigenvalue weighted by atomic mass is 16.2. The molecule has 9 heteroatoms. The van der Waals surface area contributed by atoms with Gasteiger partial charge in [-0.15, -0.1) is 0 Å². The number of nitriles is 1. The van der Waals surface area contributed by atoms with E-state index >= 15 is 0 Å². The lowest BCUT2D eigenvalue weighted by Crippen LogP contribution is -2.52. The predicted octanol–water partition coefficient (Wildman–Crippen LogP) is 1.21. The number of carbonyl (C=O) groups is 2. The van der Waals surface area contributed by atoms with E-state index in [-0.39, 0.29) is 24.4 Å². The van der Waals surface area contributed by atoms with Crippen molar-refractivity contribution in [1.29, 1.82) is 5.26 Å². The highest BCUT2D eigenvalue weighted by Crippen LogP contribution is 2.29. The Labute approximate surface area is 157 Å². The number of amides is 2. The molecule has 9 nitrogen and oxygen atoms in total. The van der Waals surface area contributed by atoms with Gasteiger partial charge in [-0.25, -0.2) is 14.8 Å². The summed E-state index contributed by atoms with van der Waals surface area (Å²) in [6.07, 6.45) is 3.87. The SMILES string of the molecule is CNC(=O)n1ccc2c(N(C)[C@H]3CN(C(=O)CC#N)CC[C@H]3C)ncnc21. The lowest BCUT2D eigenvalue weighted by molar-refractivity contribution is -0.131. The summed E-state index contributed by atoms with van der Waals surface area (Å²) < 4.78 is 1.45. The molecule has 1 saturated heterocycles. The van der Waals surface area contributed by atoms with Crippen LogP contribution in [0.5, 0.6) is 0 Å². The Morgan fingerprint density at radius 1 is 1.44 bits per heavy atom. The van der Waals surface area contributed by atoms with Crippen molar-refractivity contribution in [1.82, 2.24) is 24.8 Å². The normalized spacial score (nSPS) is 19.6. The van der Waals surface area contributed by atoms with E-state index in [2.05, 4.69) is 27.1 Å². The summed E-state index contributed by atoms with van der Waals surface area (Å²) in [6, 6.07) is 3.54. The molecule has 2 amide bonds. The average molecular weight is 369 g/mol. The van der Waals surface area contributed by atoms with Gasteiger partial charge in [0, 0.05) is 33.4 Å². The molecule has 142 valence electrons. The highest BCUT2D eigenvalue weighted by molar-refractivity contribution is 5.94. The van der Waals surface area contributed by atoms with Gasteiger partial charge in [0.05, 0.1) is 17.5 Å². The quantitative estimate of drug-likeness (QED) is 0.871. The van der Waals surface area contributed by atoms with Crippen LogP contribution in [0.25, 0.3) is 11.0 Å². The van der Waals surface area contributed by atoms with Crippen LogP contribution in [0, 0.1) is 17.2 Å². The Morgan fingerprint density at radius 3 is 2.93 bits per heavy atom. The number of piperidine rings is 1. The van der Waals surface area contributed by atoms with Gasteiger partial charge in [-0.3, -0.25) is 9.36 Å². The Morgan fingerprint density at radius 2 is 2.22 bits per heavy atom. The minimum atomic E-state index is -0.267. The lowest BCUT2D eigenvalue weighted by atomic mass is 9.92. The van der Waals surface area contributed by atoms with Crippen molar-refractivity contribution in [2.24, 2.45) is 5.92 Å². The number of anilines is 1. The fraction of sp³-hybridized carbons (Fsp3) is 0.500. The molecule has 3 rings (SSSR count). The minimum absolute atomic E-state index is 0.0582. The molecule has 0 aromatic carbocycles. The van der Waals surface area contributed by atoms with Gasteiger partial charge < -0.3 is 15.1 Å². The van der Waals surface area contributed by atoms with Gasteiger partial charge in [-0.1, -0.05) is 6.92 Å². The zero-order valence-electron chi connectivity index (χ0n) is 15.7. The lowest BCUT2D eigenvalue weighted by Gasteiger charge is -2.42. The maximum atomic E-state index is 12.1.